The number of hydrogen-bond acceptors (Lipinski definition) is 23. The second-order valence-electron chi connectivity index (χ2n) is 23.5. The van der Waals surface area contributed by atoms with E-state index in [0.29, 0.717) is 11.1 Å². The molecule has 0 aromatic heterocycles. The van der Waals surface area contributed by atoms with E-state index >= 15 is 0 Å². The van der Waals surface area contributed by atoms with E-state index in [0.717, 1.165) is 49.1 Å². The lowest BCUT2D eigenvalue weighted by Gasteiger charge is -2.22. The van der Waals surface area contributed by atoms with Crippen LogP contribution in [0.15, 0.2) is 212 Å². The molecule has 1 unspecified atom stereocenters. The number of aliphatic hydroxyl groups excluding tert-OH is 2. The Balaban J connectivity index is 0.000000475. The molecule has 0 heterocycles. The SMILES string of the molecule is Br.COC(=O)[C@@H](N)CC(F)(F)Cc1ccccc1.COC(=O)[C@H](CC(=O)Cc1ccccc1)NC(=O)OCc1ccccc1.COC(=O)[C@H](CC(F)(F)Cc1ccccc1)NC(=O)OCc1ccccc1.COC(=O)[C@H](CC(O)Cl)NC(=O)OCc1ccccc1.COC(=O)[C@H](CC(O)O)NC(=O)OCc1ccccc1. The third-order valence-corrected chi connectivity index (χ3v) is 14.8. The minimum Gasteiger partial charge on any atom is -0.468 e. The summed E-state index contributed by atoms with van der Waals surface area (Å²) in [5.74, 6) is -10.4. The largest absolute Gasteiger partial charge is 0.468 e. The number of nitrogens with one attached hydrogen (secondary N) is 4. The van der Waals surface area contributed by atoms with Crippen molar-refractivity contribution in [1.82, 2.24) is 21.3 Å². The second kappa shape index (κ2) is 53.7. The average Bonchev–Trinajstić information content (AvgIpc) is 0.870. The molecular formula is C78H91BrClF4N5O22. The third kappa shape index (κ3) is 43.1. The Morgan fingerprint density at radius 2 is 0.622 bits per heavy atom. The third-order valence-electron chi connectivity index (χ3n) is 14.7. The maximum Gasteiger partial charge on any atom is 0.408 e. The summed E-state index contributed by atoms with van der Waals surface area (Å²) >= 11 is 5.39. The van der Waals surface area contributed by atoms with E-state index in [1.54, 1.807) is 121 Å². The zero-order valence-electron chi connectivity index (χ0n) is 61.2. The molecule has 0 saturated carbocycles. The van der Waals surface area contributed by atoms with Gasteiger partial charge in [0, 0.05) is 51.4 Å². The first kappa shape index (κ1) is 96.0. The highest BCUT2D eigenvalue weighted by atomic mass is 79.9. The summed E-state index contributed by atoms with van der Waals surface area (Å²) in [5, 5.41) is 35.8. The summed E-state index contributed by atoms with van der Waals surface area (Å²) < 4.78 is 98.2. The molecule has 111 heavy (non-hydrogen) atoms. The highest BCUT2D eigenvalue weighted by Gasteiger charge is 2.38. The quantitative estimate of drug-likeness (QED) is 0.00623. The van der Waals surface area contributed by atoms with Gasteiger partial charge in [0.25, 0.3) is 11.8 Å². The smallest absolute Gasteiger partial charge is 0.408 e. The molecule has 0 aliphatic heterocycles. The molecule has 27 nitrogen and oxygen atoms in total. The minimum atomic E-state index is -3.22. The Kier molecular flexibility index (Phi) is 46.5. The number of Topliss-reactive ketones (excluding diaryl/α,β-unsaturated/α-hetero) is 1. The van der Waals surface area contributed by atoms with Crippen LogP contribution < -0.4 is 27.0 Å². The van der Waals surface area contributed by atoms with Crippen molar-refractivity contribution < 1.29 is 123 Å². The molecule has 0 aliphatic carbocycles. The highest BCUT2D eigenvalue weighted by Crippen LogP contribution is 2.27. The zero-order chi connectivity index (χ0) is 81.3. The van der Waals surface area contributed by atoms with E-state index in [1.807, 2.05) is 91.0 Å². The Morgan fingerprint density at radius 1 is 0.369 bits per heavy atom. The monoisotopic (exact) mass is 1640 g/mol. The fourth-order valence-corrected chi connectivity index (χ4v) is 9.51. The average molecular weight is 1640 g/mol. The second-order valence-corrected chi connectivity index (χ2v) is 24.0. The summed E-state index contributed by atoms with van der Waals surface area (Å²) in [6, 6.07) is 55.6. The number of ketones is 1. The van der Waals surface area contributed by atoms with Crippen molar-refractivity contribution in [3.63, 3.8) is 0 Å². The lowest BCUT2D eigenvalue weighted by Crippen LogP contribution is -2.45. The van der Waals surface area contributed by atoms with Gasteiger partial charge in [-0.1, -0.05) is 224 Å². The van der Waals surface area contributed by atoms with Crippen LogP contribution in [-0.4, -0.2) is 165 Å². The zero-order valence-corrected chi connectivity index (χ0v) is 63.7. The predicted molar refractivity (Wildman–Crippen MR) is 401 cm³/mol. The fourth-order valence-electron chi connectivity index (χ4n) is 9.33. The van der Waals surface area contributed by atoms with Gasteiger partial charge in [-0.3, -0.25) is 9.59 Å². The number of rotatable bonds is 33. The maximum atomic E-state index is 14.4. The van der Waals surface area contributed by atoms with E-state index in [-0.39, 0.29) is 74.9 Å². The number of nitrogens with two attached hydrogens (primary N) is 1. The predicted octanol–water partition coefficient (Wildman–Crippen LogP) is 10.3. The van der Waals surface area contributed by atoms with Gasteiger partial charge in [0.2, 0.25) is 0 Å². The molecule has 7 aromatic rings. The number of carbonyl (C=O) groups excluding carboxylic acids is 10. The Morgan fingerprint density at radius 3 is 0.919 bits per heavy atom. The van der Waals surface area contributed by atoms with Crippen LogP contribution in [0.1, 0.15) is 71.0 Å². The van der Waals surface area contributed by atoms with Crippen molar-refractivity contribution in [3.8, 4) is 0 Å². The number of benzene rings is 7. The highest BCUT2D eigenvalue weighted by molar-refractivity contribution is 8.93. The Bertz CT molecular complexity index is 3780. The standard InChI is InChI=1S/C20H21F2NO4.C20H21NO5.C13H16ClNO5.C13H17NO6.C12H15F2NO2.BrH/c1-26-18(24)17(13-20(21,22)12-15-8-4-2-5-9-15)23-19(25)27-14-16-10-6-3-7-11-16;1-25-19(23)18(13-17(22)12-15-8-4-2-5-9-15)21-20(24)26-14-16-10-6-3-7-11-16;1-19-12(17)10(7-11(14)16)15-13(18)20-8-9-5-3-2-4-6-9;1-19-12(17)10(7-11(15)16)14-13(18)20-8-9-5-3-2-4-6-9;1-17-11(16)10(15)8-12(13,14)7-9-5-3-2-4-6-9;/h2-11,17H,12-14H2,1H3,(H,23,25);2-11,18H,12-14H2,1H3,(H,21,24);2-6,10-11,16H,7-8H2,1H3,(H,15,18);2-6,10-11,15-16H,7-8H2,1H3,(H,14,18);2-6,10H,7-8,15H2,1H3;1H/t17-;18-;10-,11?;2*10-;/m00000./s1. The lowest BCUT2D eigenvalue weighted by molar-refractivity contribution is -0.146. The normalized spacial score (nSPS) is 12.1. The molecule has 0 spiro atoms. The van der Waals surface area contributed by atoms with Crippen LogP contribution in [-0.2, 0) is 117 Å². The van der Waals surface area contributed by atoms with Crippen LogP contribution in [0.3, 0.4) is 0 Å². The molecule has 7 rings (SSSR count). The van der Waals surface area contributed by atoms with Crippen LogP contribution in [0.2, 0.25) is 0 Å². The lowest BCUT2D eigenvalue weighted by atomic mass is 10.0. The van der Waals surface area contributed by atoms with E-state index in [9.17, 15) is 65.5 Å². The van der Waals surface area contributed by atoms with Gasteiger partial charge in [-0.25, -0.2) is 55.9 Å². The van der Waals surface area contributed by atoms with Crippen molar-refractivity contribution in [3.05, 3.63) is 251 Å². The molecule has 33 heteroatoms. The summed E-state index contributed by atoms with van der Waals surface area (Å²) in [5.41, 5.74) is 8.98. The summed E-state index contributed by atoms with van der Waals surface area (Å²) in [6.07, 6.45) is -8.26. The van der Waals surface area contributed by atoms with Gasteiger partial charge in [0.1, 0.15) is 68.0 Å². The number of alkyl halides is 5. The van der Waals surface area contributed by atoms with E-state index in [2.05, 4.69) is 45.0 Å². The number of halogens is 6. The fraction of sp³-hybridized carbons (Fsp3) is 0.333. The van der Waals surface area contributed by atoms with Gasteiger partial charge in [-0.15, -0.1) is 17.0 Å². The van der Waals surface area contributed by atoms with Gasteiger partial charge in [0.15, 0.2) is 6.29 Å². The molecule has 0 aliphatic rings. The molecule has 0 saturated heterocycles. The number of amides is 4. The number of aliphatic hydroxyl groups is 3. The molecule has 0 radical (unpaired) electrons. The minimum absolute atomic E-state index is 0. The van der Waals surface area contributed by atoms with Gasteiger partial charge in [-0.2, -0.15) is 0 Å². The number of carbonyl (C=O) groups is 10. The first-order valence-corrected chi connectivity index (χ1v) is 34.0. The molecule has 0 bridgehead atoms. The van der Waals surface area contributed by atoms with E-state index in [1.165, 1.54) is 14.2 Å². The van der Waals surface area contributed by atoms with Crippen molar-refractivity contribution in [1.29, 1.82) is 0 Å². The Labute approximate surface area is 654 Å². The number of alkyl carbamates (subject to hydrolysis) is 4. The van der Waals surface area contributed by atoms with Gasteiger partial charge < -0.3 is 85.0 Å². The van der Waals surface area contributed by atoms with Crippen LogP contribution in [0.4, 0.5) is 36.7 Å². The number of methoxy groups -OCH3 is 5. The van der Waals surface area contributed by atoms with Crippen molar-refractivity contribution >= 4 is 88.6 Å². The van der Waals surface area contributed by atoms with E-state index < -0.39 is 134 Å². The van der Waals surface area contributed by atoms with Gasteiger partial charge in [-0.05, 0) is 38.9 Å². The molecule has 9 N–H and O–H groups in total. The number of esters is 5. The molecule has 0 fully saturated rings. The summed E-state index contributed by atoms with van der Waals surface area (Å²) in [6.45, 7) is 0.145. The first-order chi connectivity index (χ1) is 52.5. The topological polar surface area (TPSA) is 389 Å². The van der Waals surface area contributed by atoms with Crippen LogP contribution >= 0.6 is 28.6 Å². The number of hydrogen-bond donors (Lipinski definition) is 8. The van der Waals surface area contributed by atoms with Gasteiger partial charge >= 0.3 is 54.2 Å². The molecule has 602 valence electrons. The van der Waals surface area contributed by atoms with Crippen molar-refractivity contribution in [2.45, 2.75) is 132 Å². The molecule has 7 aromatic carbocycles. The first-order valence-electron chi connectivity index (χ1n) is 33.6. The Hall–Kier alpha value is -11.0. The summed E-state index contributed by atoms with van der Waals surface area (Å²) in [7, 11) is 5.70. The van der Waals surface area contributed by atoms with Crippen molar-refractivity contribution in [2.75, 3.05) is 35.5 Å². The maximum absolute atomic E-state index is 14.4. The van der Waals surface area contributed by atoms with Crippen molar-refractivity contribution in [2.24, 2.45) is 5.73 Å². The van der Waals surface area contributed by atoms with Crippen LogP contribution in [0.5, 0.6) is 0 Å². The molecule has 4 amide bonds. The van der Waals surface area contributed by atoms with Crippen LogP contribution in [0.25, 0.3) is 0 Å². The molecular weight excluding hydrogens is 1550 g/mol. The number of ether oxygens (including phenoxy) is 9. The van der Waals surface area contributed by atoms with Crippen LogP contribution in [0, 0.1) is 0 Å². The van der Waals surface area contributed by atoms with Gasteiger partial charge in [0.05, 0.1) is 35.5 Å². The summed E-state index contributed by atoms with van der Waals surface area (Å²) in [4.78, 5) is 117. The van der Waals surface area contributed by atoms with E-state index in [4.69, 9.17) is 51.6 Å². The molecule has 6 atom stereocenters.